The van der Waals surface area contributed by atoms with Crippen LogP contribution in [0.15, 0.2) is 48.5 Å². The smallest absolute Gasteiger partial charge is 0.00258 e. The summed E-state index contributed by atoms with van der Waals surface area (Å²) in [5.74, 6) is 0.929. The van der Waals surface area contributed by atoms with Crippen molar-refractivity contribution < 1.29 is 0 Å². The first-order valence-corrected chi connectivity index (χ1v) is 10.7. The van der Waals surface area contributed by atoms with E-state index in [-0.39, 0.29) is 0 Å². The van der Waals surface area contributed by atoms with Gasteiger partial charge < -0.3 is 0 Å². The molecule has 0 aromatic heterocycles. The summed E-state index contributed by atoms with van der Waals surface area (Å²) >= 11 is 0. The summed E-state index contributed by atoms with van der Waals surface area (Å²) in [6.07, 6.45) is 6.65. The summed E-state index contributed by atoms with van der Waals surface area (Å²) in [7, 11) is 0. The molecule has 3 rings (SSSR count). The van der Waals surface area contributed by atoms with Crippen molar-refractivity contribution in [1.82, 2.24) is 0 Å². The van der Waals surface area contributed by atoms with E-state index in [1.807, 2.05) is 0 Å². The maximum Gasteiger partial charge on any atom is -0.00258 e. The van der Waals surface area contributed by atoms with Crippen LogP contribution in [0.25, 0.3) is 0 Å². The highest BCUT2D eigenvalue weighted by Crippen LogP contribution is 2.49. The molecule has 0 heteroatoms. The third kappa shape index (κ3) is 7.17. The fraction of sp³-hybridized carbons (Fsp3) is 0.556. The summed E-state index contributed by atoms with van der Waals surface area (Å²) in [5, 5.41) is 0. The molecule has 1 aliphatic carbocycles. The molecule has 2 aromatic rings. The standard InChI is InChI=1S/C15H16.C12H24/c1-12-3-7-14(8-4-12)11-15-9-5-13(2)6-10-15;1-6-12(5)8-10(2)7-11(3,4)9-12/h3-10H,11H2,1-2H3;10H,6-9H2,1-5H3. The van der Waals surface area contributed by atoms with E-state index in [4.69, 9.17) is 0 Å². The van der Waals surface area contributed by atoms with Crippen LogP contribution in [0, 0.1) is 30.6 Å². The predicted octanol–water partition coefficient (Wildman–Crippen LogP) is 8.14. The van der Waals surface area contributed by atoms with Crippen molar-refractivity contribution in [3.63, 3.8) is 0 Å². The zero-order valence-electron chi connectivity index (χ0n) is 18.7. The Morgan fingerprint density at radius 3 is 1.59 bits per heavy atom. The van der Waals surface area contributed by atoms with Crippen LogP contribution in [0.1, 0.15) is 82.6 Å². The molecule has 0 radical (unpaired) electrons. The molecular formula is C27H40. The number of benzene rings is 2. The van der Waals surface area contributed by atoms with Crippen LogP contribution in [0.2, 0.25) is 0 Å². The molecule has 0 heterocycles. The average molecular weight is 365 g/mol. The van der Waals surface area contributed by atoms with Gasteiger partial charge in [0.2, 0.25) is 0 Å². The van der Waals surface area contributed by atoms with E-state index >= 15 is 0 Å². The molecule has 2 unspecified atom stereocenters. The lowest BCUT2D eigenvalue weighted by atomic mass is 9.60. The Bertz CT molecular complexity index is 646. The van der Waals surface area contributed by atoms with E-state index in [1.165, 1.54) is 47.9 Å². The number of hydrogen-bond donors (Lipinski definition) is 0. The second-order valence-electron chi connectivity index (χ2n) is 10.2. The lowest BCUT2D eigenvalue weighted by Crippen LogP contribution is -2.34. The second kappa shape index (κ2) is 9.09. The van der Waals surface area contributed by atoms with Gasteiger partial charge in [-0.2, -0.15) is 0 Å². The van der Waals surface area contributed by atoms with Gasteiger partial charge >= 0.3 is 0 Å². The second-order valence-corrected chi connectivity index (χ2v) is 10.2. The monoisotopic (exact) mass is 364 g/mol. The van der Waals surface area contributed by atoms with Gasteiger partial charge in [-0.3, -0.25) is 0 Å². The summed E-state index contributed by atoms with van der Waals surface area (Å²) in [4.78, 5) is 0. The summed E-state index contributed by atoms with van der Waals surface area (Å²) in [5.41, 5.74) is 6.61. The van der Waals surface area contributed by atoms with E-state index in [2.05, 4.69) is 97.0 Å². The lowest BCUT2D eigenvalue weighted by Gasteiger charge is -2.45. The molecule has 0 aliphatic heterocycles. The van der Waals surface area contributed by atoms with Crippen molar-refractivity contribution in [3.8, 4) is 0 Å². The van der Waals surface area contributed by atoms with Crippen molar-refractivity contribution in [2.45, 2.75) is 80.6 Å². The molecule has 2 atom stereocenters. The van der Waals surface area contributed by atoms with E-state index in [9.17, 15) is 0 Å². The molecular weight excluding hydrogens is 324 g/mol. The zero-order valence-corrected chi connectivity index (χ0v) is 18.7. The van der Waals surface area contributed by atoms with E-state index in [0.29, 0.717) is 10.8 Å². The van der Waals surface area contributed by atoms with Crippen LogP contribution in [0.5, 0.6) is 0 Å². The van der Waals surface area contributed by atoms with Gasteiger partial charge in [0.1, 0.15) is 0 Å². The van der Waals surface area contributed by atoms with Gasteiger partial charge in [0.25, 0.3) is 0 Å². The maximum atomic E-state index is 2.46. The average Bonchev–Trinajstić information content (AvgIpc) is 2.57. The van der Waals surface area contributed by atoms with Gasteiger partial charge in [-0.15, -0.1) is 0 Å². The largest absolute Gasteiger partial charge is 0.0649 e. The zero-order chi connectivity index (χ0) is 20.1. The van der Waals surface area contributed by atoms with Crippen molar-refractivity contribution in [1.29, 1.82) is 0 Å². The Morgan fingerprint density at radius 2 is 1.22 bits per heavy atom. The quantitative estimate of drug-likeness (QED) is 0.515. The van der Waals surface area contributed by atoms with E-state index in [1.54, 1.807) is 0 Å². The Morgan fingerprint density at radius 1 is 0.778 bits per heavy atom. The number of hydrogen-bond acceptors (Lipinski definition) is 0. The maximum absolute atomic E-state index is 2.46. The molecule has 1 fully saturated rings. The first-order valence-electron chi connectivity index (χ1n) is 10.7. The Kier molecular flexibility index (Phi) is 7.32. The molecule has 0 N–H and O–H groups in total. The van der Waals surface area contributed by atoms with Gasteiger partial charge in [-0.05, 0) is 67.4 Å². The molecule has 0 bridgehead atoms. The Labute approximate surface area is 168 Å². The van der Waals surface area contributed by atoms with Crippen LogP contribution in [0.3, 0.4) is 0 Å². The topological polar surface area (TPSA) is 0 Å². The van der Waals surface area contributed by atoms with Crippen molar-refractivity contribution >= 4 is 0 Å². The SMILES string of the molecule is CCC1(C)CC(C)CC(C)(C)C1.Cc1ccc(Cc2ccc(C)cc2)cc1. The van der Waals surface area contributed by atoms with Gasteiger partial charge in [-0.25, -0.2) is 0 Å². The minimum absolute atomic E-state index is 0.586. The van der Waals surface area contributed by atoms with Crippen LogP contribution in [-0.2, 0) is 6.42 Å². The van der Waals surface area contributed by atoms with Gasteiger partial charge in [0.05, 0.1) is 0 Å². The Hall–Kier alpha value is -1.56. The lowest BCUT2D eigenvalue weighted by molar-refractivity contribution is 0.0582. The molecule has 148 valence electrons. The summed E-state index contributed by atoms with van der Waals surface area (Å²) in [6.45, 7) is 16.3. The van der Waals surface area contributed by atoms with Crippen LogP contribution in [0.4, 0.5) is 0 Å². The molecule has 0 amide bonds. The fourth-order valence-electron chi connectivity index (χ4n) is 5.07. The van der Waals surface area contributed by atoms with E-state index in [0.717, 1.165) is 12.3 Å². The molecule has 27 heavy (non-hydrogen) atoms. The highest BCUT2D eigenvalue weighted by Gasteiger charge is 2.38. The van der Waals surface area contributed by atoms with Crippen LogP contribution < -0.4 is 0 Å². The third-order valence-electron chi connectivity index (χ3n) is 6.15. The molecule has 0 nitrogen and oxygen atoms in total. The first kappa shape index (κ1) is 21.7. The molecule has 0 spiro atoms. The van der Waals surface area contributed by atoms with Gasteiger partial charge in [0, 0.05) is 0 Å². The van der Waals surface area contributed by atoms with Crippen molar-refractivity contribution in [3.05, 3.63) is 70.8 Å². The van der Waals surface area contributed by atoms with E-state index < -0.39 is 0 Å². The highest BCUT2D eigenvalue weighted by molar-refractivity contribution is 5.29. The highest BCUT2D eigenvalue weighted by atomic mass is 14.4. The van der Waals surface area contributed by atoms with Crippen LogP contribution in [-0.4, -0.2) is 0 Å². The summed E-state index contributed by atoms with van der Waals surface area (Å²) < 4.78 is 0. The molecule has 0 saturated heterocycles. The predicted molar refractivity (Wildman–Crippen MR) is 120 cm³/mol. The molecule has 2 aromatic carbocycles. The van der Waals surface area contributed by atoms with Crippen molar-refractivity contribution in [2.24, 2.45) is 16.7 Å². The number of aryl methyl sites for hydroxylation is 2. The van der Waals surface area contributed by atoms with Gasteiger partial charge in [-0.1, -0.05) is 101 Å². The Balaban J connectivity index is 0.000000199. The summed E-state index contributed by atoms with van der Waals surface area (Å²) in [6, 6.07) is 17.5. The van der Waals surface area contributed by atoms with Crippen LogP contribution >= 0.6 is 0 Å². The normalized spacial score (nSPS) is 24.0. The minimum Gasteiger partial charge on any atom is -0.0649 e. The molecule has 1 saturated carbocycles. The molecule has 1 aliphatic rings. The number of rotatable bonds is 3. The van der Waals surface area contributed by atoms with Crippen molar-refractivity contribution in [2.75, 3.05) is 0 Å². The fourth-order valence-corrected chi connectivity index (χ4v) is 5.07. The first-order chi connectivity index (χ1) is 12.6. The van der Waals surface area contributed by atoms with Gasteiger partial charge in [0.15, 0.2) is 0 Å². The minimum atomic E-state index is 0.586. The third-order valence-corrected chi connectivity index (χ3v) is 6.15.